The molecule has 0 saturated carbocycles. The Bertz CT molecular complexity index is 407. The third-order valence-electron chi connectivity index (χ3n) is 1.54. The summed E-state index contributed by atoms with van der Waals surface area (Å²) in [6, 6.07) is 4.74. The molecule has 0 radical (unpaired) electrons. The lowest BCUT2D eigenvalue weighted by molar-refractivity contribution is 0.101. The van der Waals surface area contributed by atoms with Crippen LogP contribution in [0.25, 0.3) is 0 Å². The zero-order valence-corrected chi connectivity index (χ0v) is 8.28. The second-order valence-corrected chi connectivity index (χ2v) is 3.30. The topological polar surface area (TPSA) is 40.9 Å². The average Bonchev–Trinajstić information content (AvgIpc) is 2.08. The Balaban J connectivity index is 3.47. The van der Waals surface area contributed by atoms with Crippen molar-refractivity contribution in [3.05, 3.63) is 33.3 Å². The van der Waals surface area contributed by atoms with E-state index in [0.29, 0.717) is 5.02 Å². The molecule has 13 heavy (non-hydrogen) atoms. The van der Waals surface area contributed by atoms with E-state index < -0.39 is 0 Å². The summed E-state index contributed by atoms with van der Waals surface area (Å²) >= 11 is 11.5. The van der Waals surface area contributed by atoms with Crippen molar-refractivity contribution in [3.63, 3.8) is 0 Å². The molecule has 0 heterocycles. The standard InChI is InChI=1S/C9H5Cl2NO/c1-5(13)8-3-7(10)2-6(4-12)9(8)11/h2-3H,1H3. The number of carbonyl (C=O) groups excluding carboxylic acids is 1. The van der Waals surface area contributed by atoms with Gasteiger partial charge in [-0.1, -0.05) is 23.2 Å². The number of Topliss-reactive ketones (excluding diaryl/α,β-unsaturated/α-hetero) is 1. The molecule has 0 atom stereocenters. The monoisotopic (exact) mass is 213 g/mol. The van der Waals surface area contributed by atoms with Crippen LogP contribution in [0.2, 0.25) is 10.0 Å². The van der Waals surface area contributed by atoms with Crippen LogP contribution in [-0.4, -0.2) is 5.78 Å². The highest BCUT2D eigenvalue weighted by atomic mass is 35.5. The first-order chi connectivity index (χ1) is 6.06. The van der Waals surface area contributed by atoms with Crippen LogP contribution in [0.15, 0.2) is 12.1 Å². The molecule has 0 saturated heterocycles. The van der Waals surface area contributed by atoms with E-state index in [1.165, 1.54) is 19.1 Å². The number of hydrogen-bond acceptors (Lipinski definition) is 2. The molecule has 66 valence electrons. The number of rotatable bonds is 1. The van der Waals surface area contributed by atoms with Gasteiger partial charge < -0.3 is 0 Å². The van der Waals surface area contributed by atoms with Gasteiger partial charge in [0.25, 0.3) is 0 Å². The number of halogens is 2. The maximum absolute atomic E-state index is 11.0. The first kappa shape index (κ1) is 10.0. The van der Waals surface area contributed by atoms with Gasteiger partial charge in [-0.3, -0.25) is 4.79 Å². The van der Waals surface area contributed by atoms with E-state index in [0.717, 1.165) is 0 Å². The fraction of sp³-hybridized carbons (Fsp3) is 0.111. The molecular formula is C9H5Cl2NO. The molecule has 0 aromatic heterocycles. The third-order valence-corrected chi connectivity index (χ3v) is 2.16. The maximum Gasteiger partial charge on any atom is 0.161 e. The van der Waals surface area contributed by atoms with Crippen LogP contribution < -0.4 is 0 Å². The maximum atomic E-state index is 11.0. The summed E-state index contributed by atoms with van der Waals surface area (Å²) in [6.45, 7) is 1.37. The minimum absolute atomic E-state index is 0.166. The van der Waals surface area contributed by atoms with Crippen LogP contribution in [0.5, 0.6) is 0 Å². The van der Waals surface area contributed by atoms with Crippen LogP contribution in [0.1, 0.15) is 22.8 Å². The number of hydrogen-bond donors (Lipinski definition) is 0. The summed E-state index contributed by atoms with van der Waals surface area (Å²) in [4.78, 5) is 11.0. The first-order valence-corrected chi connectivity index (χ1v) is 4.22. The number of carbonyl (C=O) groups is 1. The highest BCUT2D eigenvalue weighted by Gasteiger charge is 2.11. The SMILES string of the molecule is CC(=O)c1cc(Cl)cc(C#N)c1Cl. The second-order valence-electron chi connectivity index (χ2n) is 2.48. The van der Waals surface area contributed by atoms with Gasteiger partial charge in [0.1, 0.15) is 6.07 Å². The summed E-state index contributed by atoms with van der Waals surface area (Å²) in [7, 11) is 0. The van der Waals surface area contributed by atoms with E-state index >= 15 is 0 Å². The largest absolute Gasteiger partial charge is 0.294 e. The van der Waals surface area contributed by atoms with E-state index in [-0.39, 0.29) is 21.9 Å². The lowest BCUT2D eigenvalue weighted by atomic mass is 10.1. The van der Waals surface area contributed by atoms with Crippen molar-refractivity contribution in [3.8, 4) is 6.07 Å². The zero-order chi connectivity index (χ0) is 10.0. The van der Waals surface area contributed by atoms with E-state index in [4.69, 9.17) is 28.5 Å². The third kappa shape index (κ3) is 2.00. The Kier molecular flexibility index (Phi) is 2.92. The molecule has 0 N–H and O–H groups in total. The van der Waals surface area contributed by atoms with E-state index in [2.05, 4.69) is 0 Å². The molecule has 4 heteroatoms. The quantitative estimate of drug-likeness (QED) is 0.674. The fourth-order valence-corrected chi connectivity index (χ4v) is 1.43. The highest BCUT2D eigenvalue weighted by molar-refractivity contribution is 6.36. The van der Waals surface area contributed by atoms with Crippen molar-refractivity contribution in [2.75, 3.05) is 0 Å². The van der Waals surface area contributed by atoms with Crippen molar-refractivity contribution in [1.82, 2.24) is 0 Å². The molecule has 0 fully saturated rings. The molecule has 0 spiro atoms. The smallest absolute Gasteiger partial charge is 0.161 e. The lowest BCUT2D eigenvalue weighted by Gasteiger charge is -2.02. The fourth-order valence-electron chi connectivity index (χ4n) is 0.927. The van der Waals surface area contributed by atoms with Crippen LogP contribution in [0.4, 0.5) is 0 Å². The van der Waals surface area contributed by atoms with E-state index in [1.807, 2.05) is 6.07 Å². The van der Waals surface area contributed by atoms with Gasteiger partial charge in [-0.15, -0.1) is 0 Å². The number of nitrogens with zero attached hydrogens (tertiary/aromatic N) is 1. The predicted molar refractivity (Wildman–Crippen MR) is 51.2 cm³/mol. The van der Waals surface area contributed by atoms with Gasteiger partial charge >= 0.3 is 0 Å². The zero-order valence-electron chi connectivity index (χ0n) is 6.77. The molecule has 0 aliphatic carbocycles. The minimum atomic E-state index is -0.205. The van der Waals surface area contributed by atoms with Crippen LogP contribution in [0.3, 0.4) is 0 Å². The minimum Gasteiger partial charge on any atom is -0.294 e. The van der Waals surface area contributed by atoms with Gasteiger partial charge in [-0.25, -0.2) is 0 Å². The Morgan fingerprint density at radius 2 is 2.08 bits per heavy atom. The molecule has 0 amide bonds. The van der Waals surface area contributed by atoms with Gasteiger partial charge in [0.2, 0.25) is 0 Å². The predicted octanol–water partition coefficient (Wildman–Crippen LogP) is 3.07. The molecule has 1 rings (SSSR count). The summed E-state index contributed by atoms with van der Waals surface area (Å²) in [6.07, 6.45) is 0. The molecular weight excluding hydrogens is 209 g/mol. The van der Waals surface area contributed by atoms with Crippen molar-refractivity contribution < 1.29 is 4.79 Å². The van der Waals surface area contributed by atoms with Crippen molar-refractivity contribution in [2.45, 2.75) is 6.92 Å². The van der Waals surface area contributed by atoms with Crippen LogP contribution >= 0.6 is 23.2 Å². The Hall–Kier alpha value is -1.04. The van der Waals surface area contributed by atoms with Crippen LogP contribution in [0, 0.1) is 11.3 Å². The van der Waals surface area contributed by atoms with Gasteiger partial charge in [-0.2, -0.15) is 5.26 Å². The summed E-state index contributed by atoms with van der Waals surface area (Å²) in [5, 5.41) is 9.15. The van der Waals surface area contributed by atoms with Crippen molar-refractivity contribution in [1.29, 1.82) is 5.26 Å². The number of nitriles is 1. The van der Waals surface area contributed by atoms with Crippen LogP contribution in [-0.2, 0) is 0 Å². The molecule has 0 bridgehead atoms. The van der Waals surface area contributed by atoms with Gasteiger partial charge in [0, 0.05) is 10.6 Å². The molecule has 0 aliphatic rings. The highest BCUT2D eigenvalue weighted by Crippen LogP contribution is 2.25. The average molecular weight is 214 g/mol. The molecule has 2 nitrogen and oxygen atoms in total. The second kappa shape index (κ2) is 3.78. The van der Waals surface area contributed by atoms with Gasteiger partial charge in [-0.05, 0) is 19.1 Å². The van der Waals surface area contributed by atoms with Crippen molar-refractivity contribution >= 4 is 29.0 Å². The van der Waals surface area contributed by atoms with Gasteiger partial charge in [0.15, 0.2) is 5.78 Å². The molecule has 1 aromatic rings. The normalized spacial score (nSPS) is 9.38. The number of ketones is 1. The lowest BCUT2D eigenvalue weighted by Crippen LogP contribution is -1.95. The summed E-state index contributed by atoms with van der Waals surface area (Å²) < 4.78 is 0. The molecule has 0 unspecified atom stereocenters. The van der Waals surface area contributed by atoms with E-state index in [9.17, 15) is 4.79 Å². The Morgan fingerprint density at radius 3 is 2.54 bits per heavy atom. The summed E-state index contributed by atoms with van der Waals surface area (Å²) in [5.41, 5.74) is 0.505. The Morgan fingerprint density at radius 1 is 1.46 bits per heavy atom. The van der Waals surface area contributed by atoms with E-state index in [1.54, 1.807) is 0 Å². The van der Waals surface area contributed by atoms with Gasteiger partial charge in [0.05, 0.1) is 10.6 Å². The first-order valence-electron chi connectivity index (χ1n) is 3.46. The molecule has 1 aromatic carbocycles. The Labute approximate surface area is 85.7 Å². The molecule has 0 aliphatic heterocycles. The van der Waals surface area contributed by atoms with Crippen molar-refractivity contribution in [2.24, 2.45) is 0 Å². The number of benzene rings is 1. The summed E-state index contributed by atoms with van der Waals surface area (Å²) in [5.74, 6) is -0.205.